The van der Waals surface area contributed by atoms with Crippen LogP contribution in [0.25, 0.3) is 11.6 Å². The summed E-state index contributed by atoms with van der Waals surface area (Å²) in [6, 6.07) is 14.4. The topological polar surface area (TPSA) is 26.3 Å². The highest BCUT2D eigenvalue weighted by atomic mass is 32.2. The first-order valence-electron chi connectivity index (χ1n) is 9.14. The molecule has 0 saturated heterocycles. The minimum Gasteiger partial charge on any atom is -0.462 e. The van der Waals surface area contributed by atoms with Gasteiger partial charge in [0, 0.05) is 4.90 Å². The minimum absolute atomic E-state index is 0.234. The Bertz CT molecular complexity index is 832. The number of benzene rings is 2. The lowest BCUT2D eigenvalue weighted by molar-refractivity contribution is 0.0526. The lowest BCUT2D eigenvalue weighted by atomic mass is 9.80. The number of rotatable bonds is 4. The summed E-state index contributed by atoms with van der Waals surface area (Å²) in [6.07, 6.45) is 3.38. The van der Waals surface area contributed by atoms with E-state index in [1.165, 1.54) is 33.8 Å². The summed E-state index contributed by atoms with van der Waals surface area (Å²) >= 11 is 1.96. The molecular weight excluding hydrogens is 340 g/mol. The van der Waals surface area contributed by atoms with E-state index in [-0.39, 0.29) is 11.4 Å². The summed E-state index contributed by atoms with van der Waals surface area (Å²) in [4.78, 5) is 13.2. The van der Waals surface area contributed by atoms with Gasteiger partial charge in [-0.05, 0) is 78.0 Å². The van der Waals surface area contributed by atoms with Crippen molar-refractivity contribution < 1.29 is 9.53 Å². The number of allylic oxidation sites excluding steroid dienone is 1. The number of carbonyl (C=O) groups excluding carboxylic acids is 1. The second-order valence-corrected chi connectivity index (χ2v) is 8.50. The molecule has 0 spiro atoms. The fraction of sp³-hybridized carbons (Fsp3) is 0.348. The largest absolute Gasteiger partial charge is 0.462 e. The molecule has 2 nitrogen and oxygen atoms in total. The summed E-state index contributed by atoms with van der Waals surface area (Å²) in [7, 11) is 0. The van der Waals surface area contributed by atoms with Crippen molar-refractivity contribution in [2.45, 2.75) is 44.4 Å². The quantitative estimate of drug-likeness (QED) is 0.476. The van der Waals surface area contributed by atoms with Crippen LogP contribution in [0, 0.1) is 0 Å². The highest BCUT2D eigenvalue weighted by Gasteiger charge is 2.27. The second-order valence-electron chi connectivity index (χ2n) is 7.36. The molecule has 0 amide bonds. The predicted molar refractivity (Wildman–Crippen MR) is 111 cm³/mol. The van der Waals surface area contributed by atoms with E-state index in [0.717, 1.165) is 5.56 Å². The standard InChI is InChI=1S/C23H26O2S/c1-5-25-22(24)18-8-6-17(7-9-18)14-16(2)19-10-11-21-20(15-19)23(3,4)12-13-26-21/h6-11,14-15H,5,12-13H2,1-4H3/b16-14+. The van der Waals surface area contributed by atoms with E-state index in [1.54, 1.807) is 0 Å². The average Bonchev–Trinajstić information content (AvgIpc) is 2.62. The van der Waals surface area contributed by atoms with E-state index in [0.29, 0.717) is 12.2 Å². The molecule has 0 aliphatic carbocycles. The zero-order chi connectivity index (χ0) is 18.7. The fourth-order valence-electron chi connectivity index (χ4n) is 3.24. The SMILES string of the molecule is CCOC(=O)c1ccc(/C=C(\C)c2ccc3c(c2)C(C)(C)CCS3)cc1. The number of fused-ring (bicyclic) bond motifs is 1. The van der Waals surface area contributed by atoms with Gasteiger partial charge in [-0.2, -0.15) is 0 Å². The van der Waals surface area contributed by atoms with Gasteiger partial charge in [0.15, 0.2) is 0 Å². The number of hydrogen-bond donors (Lipinski definition) is 0. The molecule has 0 unspecified atom stereocenters. The zero-order valence-corrected chi connectivity index (χ0v) is 16.8. The Balaban J connectivity index is 1.85. The van der Waals surface area contributed by atoms with E-state index in [2.05, 4.69) is 45.0 Å². The van der Waals surface area contributed by atoms with E-state index >= 15 is 0 Å². The molecule has 3 heteroatoms. The van der Waals surface area contributed by atoms with Crippen molar-refractivity contribution in [2.75, 3.05) is 12.4 Å². The molecule has 0 aromatic heterocycles. The summed E-state index contributed by atoms with van der Waals surface area (Å²) in [5.74, 6) is 0.926. The van der Waals surface area contributed by atoms with Crippen molar-refractivity contribution >= 4 is 29.4 Å². The van der Waals surface area contributed by atoms with E-state index in [1.807, 2.05) is 43.0 Å². The van der Waals surface area contributed by atoms with Crippen LogP contribution >= 0.6 is 11.8 Å². The van der Waals surface area contributed by atoms with Crippen LogP contribution in [-0.4, -0.2) is 18.3 Å². The lowest BCUT2D eigenvalue weighted by Gasteiger charge is -2.32. The molecule has 0 bridgehead atoms. The fourth-order valence-corrected chi connectivity index (χ4v) is 4.73. The summed E-state index contributed by atoms with van der Waals surface area (Å²) in [5, 5.41) is 0. The number of thioether (sulfide) groups is 1. The molecule has 2 aromatic carbocycles. The van der Waals surface area contributed by atoms with E-state index in [4.69, 9.17) is 4.74 Å². The average molecular weight is 367 g/mol. The molecule has 0 radical (unpaired) electrons. The van der Waals surface area contributed by atoms with Crippen LogP contribution in [0.5, 0.6) is 0 Å². The summed E-state index contributed by atoms with van der Waals surface area (Å²) in [5.41, 5.74) is 5.85. The van der Waals surface area contributed by atoms with Crippen molar-refractivity contribution in [1.29, 1.82) is 0 Å². The van der Waals surface area contributed by atoms with Crippen molar-refractivity contribution in [1.82, 2.24) is 0 Å². The van der Waals surface area contributed by atoms with Crippen LogP contribution in [0.1, 0.15) is 61.2 Å². The van der Waals surface area contributed by atoms with Crippen LogP contribution in [0.3, 0.4) is 0 Å². The van der Waals surface area contributed by atoms with Gasteiger partial charge < -0.3 is 4.74 Å². The maximum absolute atomic E-state index is 11.8. The molecule has 1 aliphatic heterocycles. The van der Waals surface area contributed by atoms with Crippen LogP contribution in [0.4, 0.5) is 0 Å². The first-order valence-corrected chi connectivity index (χ1v) is 10.1. The van der Waals surface area contributed by atoms with Gasteiger partial charge >= 0.3 is 5.97 Å². The van der Waals surface area contributed by atoms with Gasteiger partial charge in [0.1, 0.15) is 0 Å². The summed E-state index contributed by atoms with van der Waals surface area (Å²) in [6.45, 7) is 9.03. The lowest BCUT2D eigenvalue weighted by Crippen LogP contribution is -2.22. The van der Waals surface area contributed by atoms with E-state index in [9.17, 15) is 4.79 Å². The first kappa shape index (κ1) is 18.8. The van der Waals surface area contributed by atoms with Crippen LogP contribution in [0.15, 0.2) is 47.4 Å². The molecule has 0 saturated carbocycles. The number of ether oxygens (including phenoxy) is 1. The Morgan fingerprint density at radius 2 is 1.85 bits per heavy atom. The van der Waals surface area contributed by atoms with Gasteiger partial charge in [0.25, 0.3) is 0 Å². The van der Waals surface area contributed by atoms with Gasteiger partial charge in [-0.3, -0.25) is 0 Å². The van der Waals surface area contributed by atoms with E-state index < -0.39 is 0 Å². The number of esters is 1. The van der Waals surface area contributed by atoms with Crippen LogP contribution in [-0.2, 0) is 10.2 Å². The van der Waals surface area contributed by atoms with Gasteiger partial charge in [-0.25, -0.2) is 4.79 Å². The molecule has 26 heavy (non-hydrogen) atoms. The van der Waals surface area contributed by atoms with Crippen molar-refractivity contribution in [3.8, 4) is 0 Å². The Hall–Kier alpha value is -2.00. The Kier molecular flexibility index (Phi) is 5.57. The zero-order valence-electron chi connectivity index (χ0n) is 16.0. The second kappa shape index (κ2) is 7.71. The molecular formula is C23H26O2S. The van der Waals surface area contributed by atoms with Crippen LogP contribution < -0.4 is 0 Å². The smallest absolute Gasteiger partial charge is 0.338 e. The number of hydrogen-bond acceptors (Lipinski definition) is 3. The first-order chi connectivity index (χ1) is 12.4. The van der Waals surface area contributed by atoms with Crippen molar-refractivity contribution in [2.24, 2.45) is 0 Å². The van der Waals surface area contributed by atoms with Gasteiger partial charge in [0.05, 0.1) is 12.2 Å². The third-order valence-electron chi connectivity index (χ3n) is 4.95. The van der Waals surface area contributed by atoms with Crippen molar-refractivity contribution in [3.05, 3.63) is 64.7 Å². The highest BCUT2D eigenvalue weighted by Crippen LogP contribution is 2.42. The van der Waals surface area contributed by atoms with Gasteiger partial charge in [0.2, 0.25) is 0 Å². The molecule has 0 N–H and O–H groups in total. The Labute approximate surface area is 160 Å². The monoisotopic (exact) mass is 366 g/mol. The molecule has 136 valence electrons. The molecule has 1 heterocycles. The normalized spacial score (nSPS) is 16.1. The van der Waals surface area contributed by atoms with Crippen molar-refractivity contribution in [3.63, 3.8) is 0 Å². The third kappa shape index (κ3) is 4.04. The maximum atomic E-state index is 11.8. The molecule has 1 aliphatic rings. The molecule has 0 atom stereocenters. The van der Waals surface area contributed by atoms with Gasteiger partial charge in [-0.15, -0.1) is 11.8 Å². The van der Waals surface area contributed by atoms with Crippen LogP contribution in [0.2, 0.25) is 0 Å². The third-order valence-corrected chi connectivity index (χ3v) is 6.03. The maximum Gasteiger partial charge on any atom is 0.338 e. The Morgan fingerprint density at radius 3 is 2.54 bits per heavy atom. The highest BCUT2D eigenvalue weighted by molar-refractivity contribution is 7.99. The molecule has 3 rings (SSSR count). The molecule has 2 aromatic rings. The number of carbonyl (C=O) groups is 1. The van der Waals surface area contributed by atoms with Gasteiger partial charge in [-0.1, -0.05) is 38.1 Å². The minimum atomic E-state index is -0.269. The molecule has 0 fully saturated rings. The predicted octanol–water partition coefficient (Wildman–Crippen LogP) is 6.20. The summed E-state index contributed by atoms with van der Waals surface area (Å²) < 4.78 is 5.03. The Morgan fingerprint density at radius 1 is 1.15 bits per heavy atom.